The van der Waals surface area contributed by atoms with Crippen LogP contribution < -0.4 is 11.5 Å². The molecular formula is C26H31N5O2. The van der Waals surface area contributed by atoms with Gasteiger partial charge in [0.25, 0.3) is 0 Å². The van der Waals surface area contributed by atoms with Crippen molar-refractivity contribution in [2.75, 3.05) is 0 Å². The number of ketones is 1. The summed E-state index contributed by atoms with van der Waals surface area (Å²) < 4.78 is 7.50. The highest BCUT2D eigenvalue weighted by Crippen LogP contribution is 2.22. The first-order chi connectivity index (χ1) is 16.0. The molecule has 1 saturated carbocycles. The summed E-state index contributed by atoms with van der Waals surface area (Å²) in [6.45, 7) is 0.476. The lowest BCUT2D eigenvalue weighted by Crippen LogP contribution is -2.31. The normalized spacial score (nSPS) is 22.3. The van der Waals surface area contributed by atoms with Gasteiger partial charge >= 0.3 is 0 Å². The molecule has 5 aliphatic carbocycles. The zero-order valence-corrected chi connectivity index (χ0v) is 18.8. The molecule has 8 rings (SSSR count). The largest absolute Gasteiger partial charge is 0.370 e. The van der Waals surface area contributed by atoms with Crippen LogP contribution in [-0.4, -0.2) is 39.0 Å². The van der Waals surface area contributed by atoms with Crippen LogP contribution in [-0.2, 0) is 43.6 Å². The molecule has 1 fully saturated rings. The number of Topliss-reactive ketones (excluding diaryl/α,β-unsaturated/α-hetero) is 1. The van der Waals surface area contributed by atoms with Crippen molar-refractivity contribution in [2.24, 2.45) is 11.5 Å². The van der Waals surface area contributed by atoms with Gasteiger partial charge in [-0.05, 0) is 66.8 Å². The molecule has 3 aromatic rings. The quantitative estimate of drug-likeness (QED) is 0.564. The SMILES string of the molecule is N[C@H]1C[C@@H](N)[C@H](OCc2cn(CC(=O)c3cc4ccc3CCc3ccc(cc3)CC4)nn2)C1. The van der Waals surface area contributed by atoms with E-state index in [9.17, 15) is 4.79 Å². The van der Waals surface area contributed by atoms with Crippen molar-refractivity contribution < 1.29 is 9.53 Å². The van der Waals surface area contributed by atoms with Gasteiger partial charge in [0, 0.05) is 17.6 Å². The third kappa shape index (κ3) is 5.21. The number of aromatic nitrogens is 3. The van der Waals surface area contributed by atoms with Crippen LogP contribution >= 0.6 is 0 Å². The fourth-order valence-corrected chi connectivity index (χ4v) is 4.87. The summed E-state index contributed by atoms with van der Waals surface area (Å²) in [5, 5.41) is 8.32. The molecule has 3 atom stereocenters. The van der Waals surface area contributed by atoms with Gasteiger partial charge in [-0.25, -0.2) is 4.68 Å². The van der Waals surface area contributed by atoms with Crippen LogP contribution in [0.5, 0.6) is 0 Å². The Bertz CT molecular complexity index is 1120. The van der Waals surface area contributed by atoms with E-state index in [0.29, 0.717) is 12.3 Å². The van der Waals surface area contributed by atoms with Crippen LogP contribution in [0.1, 0.15) is 51.1 Å². The molecule has 0 radical (unpaired) electrons. The number of nitrogens with zero attached hydrogens (tertiary/aromatic N) is 3. The van der Waals surface area contributed by atoms with Crippen molar-refractivity contribution in [3.05, 3.63) is 82.2 Å². The smallest absolute Gasteiger partial charge is 0.184 e. The summed E-state index contributed by atoms with van der Waals surface area (Å²) in [5.74, 6) is 0.0546. The van der Waals surface area contributed by atoms with E-state index in [1.807, 2.05) is 0 Å². The van der Waals surface area contributed by atoms with Gasteiger partial charge in [0.2, 0.25) is 0 Å². The zero-order valence-electron chi connectivity index (χ0n) is 18.8. The average molecular weight is 446 g/mol. The zero-order chi connectivity index (χ0) is 22.8. The third-order valence-electron chi connectivity index (χ3n) is 6.81. The third-order valence-corrected chi connectivity index (χ3v) is 6.81. The second-order valence-corrected chi connectivity index (χ2v) is 9.38. The fraction of sp³-hybridized carbons (Fsp3) is 0.423. The summed E-state index contributed by atoms with van der Waals surface area (Å²) in [4.78, 5) is 13.3. The number of ether oxygens (including phenoxy) is 1. The van der Waals surface area contributed by atoms with Gasteiger partial charge in [-0.2, -0.15) is 0 Å². The lowest BCUT2D eigenvalue weighted by Gasteiger charge is -2.14. The molecule has 2 aromatic carbocycles. The summed E-state index contributed by atoms with van der Waals surface area (Å²) in [6, 6.07) is 15.2. The first kappa shape index (κ1) is 21.9. The molecular weight excluding hydrogens is 414 g/mol. The molecule has 0 saturated heterocycles. The highest BCUT2D eigenvalue weighted by molar-refractivity contribution is 5.97. The minimum absolute atomic E-state index is 0.0413. The van der Waals surface area contributed by atoms with E-state index in [-0.39, 0.29) is 30.5 Å². The predicted molar refractivity (Wildman–Crippen MR) is 126 cm³/mol. The minimum Gasteiger partial charge on any atom is -0.370 e. The first-order valence-electron chi connectivity index (χ1n) is 11.8. The van der Waals surface area contributed by atoms with Crippen LogP contribution in [0.4, 0.5) is 0 Å². The second kappa shape index (κ2) is 9.55. The topological polar surface area (TPSA) is 109 Å². The van der Waals surface area contributed by atoms with Gasteiger partial charge < -0.3 is 16.2 Å². The Hall–Kier alpha value is -2.87. The molecule has 33 heavy (non-hydrogen) atoms. The van der Waals surface area contributed by atoms with Crippen molar-refractivity contribution in [2.45, 2.75) is 69.9 Å². The number of hydrogen-bond donors (Lipinski definition) is 2. The van der Waals surface area contributed by atoms with E-state index in [1.54, 1.807) is 10.9 Å². The molecule has 7 nitrogen and oxygen atoms in total. The van der Waals surface area contributed by atoms with Crippen LogP contribution in [0.3, 0.4) is 0 Å². The summed E-state index contributed by atoms with van der Waals surface area (Å²) in [6.07, 6.45) is 6.89. The van der Waals surface area contributed by atoms with Gasteiger partial charge in [-0.3, -0.25) is 4.79 Å². The Labute approximate surface area is 194 Å². The van der Waals surface area contributed by atoms with Crippen molar-refractivity contribution in [3.63, 3.8) is 0 Å². The number of benzene rings is 2. The summed E-state index contributed by atoms with van der Waals surface area (Å²) in [7, 11) is 0. The highest BCUT2D eigenvalue weighted by Gasteiger charge is 2.30. The van der Waals surface area contributed by atoms with E-state index >= 15 is 0 Å². The van der Waals surface area contributed by atoms with Gasteiger partial charge in [0.05, 0.1) is 18.9 Å². The number of carbonyl (C=O) groups is 1. The molecule has 172 valence electrons. The highest BCUT2D eigenvalue weighted by atomic mass is 16.5. The van der Waals surface area contributed by atoms with Crippen LogP contribution in [0.15, 0.2) is 48.7 Å². The molecule has 0 spiro atoms. The van der Waals surface area contributed by atoms with Crippen LogP contribution in [0.2, 0.25) is 0 Å². The van der Waals surface area contributed by atoms with Gasteiger partial charge in [0.15, 0.2) is 5.78 Å². The van der Waals surface area contributed by atoms with Gasteiger partial charge in [-0.15, -0.1) is 5.10 Å². The van der Waals surface area contributed by atoms with E-state index in [1.165, 1.54) is 16.7 Å². The maximum Gasteiger partial charge on any atom is 0.184 e. The Balaban J connectivity index is 1.26. The lowest BCUT2D eigenvalue weighted by molar-refractivity contribution is 0.0332. The Kier molecular flexibility index (Phi) is 6.35. The maximum absolute atomic E-state index is 13.3. The van der Waals surface area contributed by atoms with Crippen LogP contribution in [0, 0.1) is 0 Å². The van der Waals surface area contributed by atoms with E-state index in [2.05, 4.69) is 52.8 Å². The molecule has 5 aliphatic rings. The Morgan fingerprint density at radius 2 is 1.67 bits per heavy atom. The van der Waals surface area contributed by atoms with E-state index in [0.717, 1.165) is 49.7 Å². The van der Waals surface area contributed by atoms with Crippen molar-refractivity contribution in [1.82, 2.24) is 15.0 Å². The van der Waals surface area contributed by atoms with E-state index < -0.39 is 0 Å². The Morgan fingerprint density at radius 3 is 2.39 bits per heavy atom. The molecule has 1 aromatic heterocycles. The molecule has 0 amide bonds. The number of nitrogens with two attached hydrogens (primary N) is 2. The molecule has 4 bridgehead atoms. The predicted octanol–water partition coefficient (Wildman–Crippen LogP) is 2.38. The number of carbonyl (C=O) groups excluding carboxylic acids is 1. The van der Waals surface area contributed by atoms with Crippen LogP contribution in [0.25, 0.3) is 0 Å². The van der Waals surface area contributed by atoms with Gasteiger partial charge in [0.1, 0.15) is 12.2 Å². The number of rotatable bonds is 6. The van der Waals surface area contributed by atoms with Crippen molar-refractivity contribution in [3.8, 4) is 0 Å². The molecule has 0 unspecified atom stereocenters. The standard InChI is InChI=1S/C26H31N5O2/c27-21-12-24(28)26(13-21)33-16-22-14-31(30-29-22)15-25(32)23-11-19-6-5-17-1-3-18(4-2-17)7-9-20(23)10-8-19/h1-4,8,10-11,14,21,24,26H,5-7,9,12-13,15-16,27-28H2/t21-,24+,26+/m0/s1. The second-order valence-electron chi connectivity index (χ2n) is 9.38. The Morgan fingerprint density at radius 1 is 0.970 bits per heavy atom. The molecule has 7 heteroatoms. The maximum atomic E-state index is 13.3. The number of hydrogen-bond acceptors (Lipinski definition) is 6. The number of aryl methyl sites for hydroxylation is 4. The van der Waals surface area contributed by atoms with E-state index in [4.69, 9.17) is 16.2 Å². The first-order valence-corrected chi connectivity index (χ1v) is 11.8. The van der Waals surface area contributed by atoms with Crippen molar-refractivity contribution >= 4 is 5.78 Å². The monoisotopic (exact) mass is 445 g/mol. The molecule has 0 aliphatic heterocycles. The van der Waals surface area contributed by atoms with Gasteiger partial charge in [-0.1, -0.05) is 41.6 Å². The summed E-state index contributed by atoms with van der Waals surface area (Å²) >= 11 is 0. The minimum atomic E-state index is -0.0556. The molecule has 1 heterocycles. The fourth-order valence-electron chi connectivity index (χ4n) is 4.87. The average Bonchev–Trinajstić information content (AvgIpc) is 3.38. The van der Waals surface area contributed by atoms with Crippen molar-refractivity contribution in [1.29, 1.82) is 0 Å². The summed E-state index contributed by atoms with van der Waals surface area (Å²) in [5.41, 5.74) is 18.4. The molecule has 4 N–H and O–H groups in total. The lowest BCUT2D eigenvalue weighted by atomic mass is 9.92.